The van der Waals surface area contributed by atoms with Gasteiger partial charge in [-0.1, -0.05) is 30.4 Å². The molecule has 1 aliphatic rings. The Hall–Kier alpha value is -2.72. The van der Waals surface area contributed by atoms with Crippen molar-refractivity contribution in [3.8, 4) is 0 Å². The van der Waals surface area contributed by atoms with Crippen LogP contribution in [-0.4, -0.2) is 41.9 Å². The molecule has 5 rings (SSSR count). The molecule has 0 unspecified atom stereocenters. The van der Waals surface area contributed by atoms with Gasteiger partial charge in [-0.2, -0.15) is 4.73 Å². The minimum atomic E-state index is 0.656. The van der Waals surface area contributed by atoms with E-state index in [9.17, 15) is 0 Å². The molecule has 0 spiro atoms. The van der Waals surface area contributed by atoms with Crippen LogP contribution in [0.15, 0.2) is 42.5 Å². The molecule has 0 atom stereocenters. The fourth-order valence-electron chi connectivity index (χ4n) is 4.03. The second-order valence-electron chi connectivity index (χ2n) is 7.29. The molecular formula is C22H23N3O. The fraction of sp³-hybridized carbons (Fsp3) is 0.273. The van der Waals surface area contributed by atoms with E-state index < -0.39 is 0 Å². The van der Waals surface area contributed by atoms with E-state index >= 15 is 0 Å². The van der Waals surface area contributed by atoms with E-state index in [1.54, 1.807) is 0 Å². The van der Waals surface area contributed by atoms with Crippen LogP contribution in [0, 0.1) is 0 Å². The van der Waals surface area contributed by atoms with Gasteiger partial charge in [-0.3, -0.25) is 0 Å². The van der Waals surface area contributed by atoms with Gasteiger partial charge in [0.2, 0.25) is 0 Å². The molecule has 2 heterocycles. The lowest BCUT2D eigenvalue weighted by atomic mass is 10.0. The molecule has 0 fully saturated rings. The summed E-state index contributed by atoms with van der Waals surface area (Å²) in [5.41, 5.74) is 6.17. The molecule has 26 heavy (non-hydrogen) atoms. The predicted octanol–water partition coefficient (Wildman–Crippen LogP) is 4.23. The summed E-state index contributed by atoms with van der Waals surface area (Å²) in [6.45, 7) is 1.54. The van der Waals surface area contributed by atoms with Crippen LogP contribution in [-0.2, 0) is 6.42 Å². The molecule has 2 aromatic carbocycles. The third-order valence-electron chi connectivity index (χ3n) is 5.29. The van der Waals surface area contributed by atoms with Crippen molar-refractivity contribution in [2.75, 3.05) is 27.2 Å². The number of hydrogen-bond donors (Lipinski definition) is 1. The first-order valence-electron chi connectivity index (χ1n) is 9.25. The highest BCUT2D eigenvalue weighted by Crippen LogP contribution is 2.37. The van der Waals surface area contributed by atoms with Crippen LogP contribution in [0.25, 0.3) is 38.8 Å². The molecule has 0 aliphatic heterocycles. The number of nitrogens with one attached hydrogen (secondary N) is 1. The number of nitrogens with zero attached hydrogens (tertiary/aromatic N) is 2. The topological polar surface area (TPSA) is 33.2 Å². The van der Waals surface area contributed by atoms with Crippen LogP contribution in [0.5, 0.6) is 0 Å². The number of H-pyrrole nitrogens is 1. The monoisotopic (exact) mass is 345 g/mol. The van der Waals surface area contributed by atoms with Crippen molar-refractivity contribution in [3.63, 3.8) is 0 Å². The van der Waals surface area contributed by atoms with E-state index in [-0.39, 0.29) is 0 Å². The first kappa shape index (κ1) is 15.5. The molecule has 4 heteroatoms. The van der Waals surface area contributed by atoms with Crippen LogP contribution in [0.3, 0.4) is 0 Å². The Kier molecular flexibility index (Phi) is 3.54. The van der Waals surface area contributed by atoms with Crippen molar-refractivity contribution in [2.24, 2.45) is 0 Å². The van der Waals surface area contributed by atoms with Crippen molar-refractivity contribution in [3.05, 3.63) is 53.7 Å². The summed E-state index contributed by atoms with van der Waals surface area (Å²) in [7, 11) is 4.13. The van der Waals surface area contributed by atoms with Gasteiger partial charge in [-0.25, -0.2) is 0 Å². The zero-order valence-electron chi connectivity index (χ0n) is 15.2. The Balaban J connectivity index is 1.78. The van der Waals surface area contributed by atoms with Gasteiger partial charge in [0.05, 0.1) is 16.6 Å². The second-order valence-corrected chi connectivity index (χ2v) is 7.29. The summed E-state index contributed by atoms with van der Waals surface area (Å²) in [6.07, 6.45) is 6.72. The highest BCUT2D eigenvalue weighted by Gasteiger charge is 2.19. The van der Waals surface area contributed by atoms with E-state index in [2.05, 4.69) is 72.5 Å². The Morgan fingerprint density at radius 3 is 2.85 bits per heavy atom. The maximum atomic E-state index is 6.18. The van der Waals surface area contributed by atoms with Gasteiger partial charge in [0, 0.05) is 34.0 Å². The number of aromatic nitrogens is 2. The minimum Gasteiger partial charge on any atom is -0.412 e. The van der Waals surface area contributed by atoms with Gasteiger partial charge >= 0.3 is 0 Å². The van der Waals surface area contributed by atoms with Crippen molar-refractivity contribution in [1.29, 1.82) is 0 Å². The second kappa shape index (κ2) is 5.92. The van der Waals surface area contributed by atoms with Gasteiger partial charge in [0.15, 0.2) is 0 Å². The highest BCUT2D eigenvalue weighted by molar-refractivity contribution is 6.20. The first-order valence-corrected chi connectivity index (χ1v) is 9.25. The van der Waals surface area contributed by atoms with Crippen LogP contribution in [0.2, 0.25) is 0 Å². The average Bonchev–Trinajstić information content (AvgIpc) is 3.17. The van der Waals surface area contributed by atoms with E-state index in [0.29, 0.717) is 6.61 Å². The van der Waals surface area contributed by atoms with Gasteiger partial charge < -0.3 is 14.7 Å². The number of rotatable bonds is 4. The van der Waals surface area contributed by atoms with Crippen LogP contribution >= 0.6 is 0 Å². The minimum absolute atomic E-state index is 0.656. The number of benzene rings is 2. The summed E-state index contributed by atoms with van der Waals surface area (Å²) in [5.74, 6) is 0. The highest BCUT2D eigenvalue weighted by atomic mass is 16.7. The summed E-state index contributed by atoms with van der Waals surface area (Å²) in [4.78, 5) is 12.0. The van der Waals surface area contributed by atoms with Gasteiger partial charge in [-0.15, -0.1) is 0 Å². The Morgan fingerprint density at radius 2 is 1.96 bits per heavy atom. The van der Waals surface area contributed by atoms with Crippen molar-refractivity contribution in [2.45, 2.75) is 12.8 Å². The number of aromatic amines is 1. The molecule has 132 valence electrons. The zero-order valence-corrected chi connectivity index (χ0v) is 15.2. The number of aryl methyl sites for hydroxylation is 1. The standard InChI is InChI=1S/C22H23N3O/c1-24(2)13-14-26-25-19-10-6-4-8-17(19)21-20(25)12-11-16-15-7-3-5-9-18(15)23-22(16)21/h3-4,6-8,10-12,23H,5,9,13-14H2,1-2H3. The molecule has 0 saturated carbocycles. The quantitative estimate of drug-likeness (QED) is 0.600. The zero-order chi connectivity index (χ0) is 17.7. The van der Waals surface area contributed by atoms with Crippen LogP contribution in [0.1, 0.15) is 17.7 Å². The molecule has 4 nitrogen and oxygen atoms in total. The van der Waals surface area contributed by atoms with Crippen LogP contribution in [0.4, 0.5) is 0 Å². The van der Waals surface area contributed by atoms with Gasteiger partial charge in [0.1, 0.15) is 6.61 Å². The summed E-state index contributed by atoms with van der Waals surface area (Å²) in [6, 6.07) is 12.9. The summed E-state index contributed by atoms with van der Waals surface area (Å²) < 4.78 is 2.00. The molecule has 0 radical (unpaired) electrons. The van der Waals surface area contributed by atoms with E-state index in [1.807, 2.05) is 4.73 Å². The largest absolute Gasteiger partial charge is 0.412 e. The molecule has 0 amide bonds. The Bertz CT molecular complexity index is 1150. The normalized spacial score (nSPS) is 14.0. The lowest BCUT2D eigenvalue weighted by Crippen LogP contribution is -2.23. The average molecular weight is 345 g/mol. The lowest BCUT2D eigenvalue weighted by molar-refractivity contribution is 0.114. The van der Waals surface area contributed by atoms with Crippen LogP contribution < -0.4 is 4.84 Å². The van der Waals surface area contributed by atoms with Gasteiger partial charge in [0.25, 0.3) is 0 Å². The van der Waals surface area contributed by atoms with Crippen molar-refractivity contribution < 1.29 is 4.84 Å². The smallest absolute Gasteiger partial charge is 0.127 e. The molecule has 1 N–H and O–H groups in total. The number of allylic oxidation sites excluding steroid dienone is 1. The predicted molar refractivity (Wildman–Crippen MR) is 109 cm³/mol. The Morgan fingerprint density at radius 1 is 1.08 bits per heavy atom. The number of likely N-dealkylation sites (N-methyl/N-ethyl adjacent to an activating group) is 1. The third-order valence-corrected chi connectivity index (χ3v) is 5.29. The molecular weight excluding hydrogens is 322 g/mol. The number of para-hydroxylation sites is 1. The van der Waals surface area contributed by atoms with E-state index in [4.69, 9.17) is 4.84 Å². The SMILES string of the molecule is CN(C)CCOn1c2ccccc2c2c3[nH]c4c(c3ccc21)C=CCC4. The van der Waals surface area contributed by atoms with E-state index in [1.165, 1.54) is 32.9 Å². The number of hydrogen-bond acceptors (Lipinski definition) is 2. The lowest BCUT2D eigenvalue weighted by Gasteiger charge is -2.13. The maximum Gasteiger partial charge on any atom is 0.127 e. The van der Waals surface area contributed by atoms with Crippen molar-refractivity contribution in [1.82, 2.24) is 14.6 Å². The molecule has 1 aliphatic carbocycles. The molecule has 0 saturated heterocycles. The first-order chi connectivity index (χ1) is 12.7. The Labute approximate surface area is 152 Å². The third kappa shape index (κ3) is 2.26. The summed E-state index contributed by atoms with van der Waals surface area (Å²) in [5, 5.41) is 3.80. The van der Waals surface area contributed by atoms with Crippen molar-refractivity contribution >= 4 is 38.8 Å². The molecule has 2 aromatic heterocycles. The molecule has 4 aromatic rings. The van der Waals surface area contributed by atoms with Gasteiger partial charge in [-0.05, 0) is 45.1 Å². The fourth-order valence-corrected chi connectivity index (χ4v) is 4.03. The molecule has 0 bridgehead atoms. The maximum absolute atomic E-state index is 6.18. The number of fused-ring (bicyclic) bond motifs is 7. The van der Waals surface area contributed by atoms with E-state index in [0.717, 1.165) is 30.4 Å². The summed E-state index contributed by atoms with van der Waals surface area (Å²) >= 11 is 0.